The maximum absolute atomic E-state index is 12.6. The second-order valence-electron chi connectivity index (χ2n) is 8.91. The van der Waals surface area contributed by atoms with Crippen LogP contribution >= 0.6 is 0 Å². The number of hydrogen-bond acceptors (Lipinski definition) is 4. The Morgan fingerprint density at radius 1 is 1.00 bits per heavy atom. The van der Waals surface area contributed by atoms with Gasteiger partial charge in [0.15, 0.2) is 0 Å². The van der Waals surface area contributed by atoms with E-state index in [2.05, 4.69) is 22.2 Å². The molecule has 5 rings (SSSR count). The quantitative estimate of drug-likeness (QED) is 0.621. The topological polar surface area (TPSA) is 54.5 Å². The predicted octanol–water partition coefficient (Wildman–Crippen LogP) is 4.68. The first-order chi connectivity index (χ1) is 15.7. The van der Waals surface area contributed by atoms with E-state index in [0.717, 1.165) is 35.3 Å². The van der Waals surface area contributed by atoms with Crippen LogP contribution < -0.4 is 10.1 Å². The summed E-state index contributed by atoms with van der Waals surface area (Å²) >= 11 is 0. The zero-order valence-corrected chi connectivity index (χ0v) is 18.4. The van der Waals surface area contributed by atoms with E-state index in [-0.39, 0.29) is 12.0 Å². The molecule has 5 heteroatoms. The third kappa shape index (κ3) is 4.53. The van der Waals surface area contributed by atoms with Crippen LogP contribution in [0.5, 0.6) is 5.75 Å². The zero-order chi connectivity index (χ0) is 21.9. The van der Waals surface area contributed by atoms with Gasteiger partial charge >= 0.3 is 0 Å². The summed E-state index contributed by atoms with van der Waals surface area (Å²) in [5.41, 5.74) is 3.84. The lowest BCUT2D eigenvalue weighted by Crippen LogP contribution is -2.43. The SMILES string of the molecule is CN1[C@@H]2CC[C@H]1C[C@@H](Oc1cccc(CNC(=O)c3ccc(-c4ccncc4)cc3)c1)C2. The average molecular weight is 428 g/mol. The van der Waals surface area contributed by atoms with Crippen LogP contribution in [0.3, 0.4) is 0 Å². The zero-order valence-electron chi connectivity index (χ0n) is 18.4. The van der Waals surface area contributed by atoms with Crippen LogP contribution in [0, 0.1) is 0 Å². The lowest BCUT2D eigenvalue weighted by molar-refractivity contribution is 0.0661. The standard InChI is InChI=1S/C27H29N3O2/c1-30-23-9-10-24(30)17-26(16-23)32-25-4-2-3-19(15-25)18-29-27(31)22-7-5-20(6-8-22)21-11-13-28-14-12-21/h2-8,11-15,23-24,26H,9-10,16-18H2,1H3,(H,29,31)/t23-,24+,26+. The molecular weight excluding hydrogens is 398 g/mol. The molecule has 0 aliphatic carbocycles. The van der Waals surface area contributed by atoms with Crippen molar-refractivity contribution >= 4 is 5.91 Å². The van der Waals surface area contributed by atoms with Crippen molar-refractivity contribution in [2.24, 2.45) is 0 Å². The highest BCUT2D eigenvalue weighted by molar-refractivity contribution is 5.94. The van der Waals surface area contributed by atoms with Crippen LogP contribution in [-0.4, -0.2) is 41.0 Å². The van der Waals surface area contributed by atoms with E-state index in [4.69, 9.17) is 4.74 Å². The van der Waals surface area contributed by atoms with Crippen molar-refractivity contribution in [2.75, 3.05) is 7.05 Å². The van der Waals surface area contributed by atoms with E-state index < -0.39 is 0 Å². The number of pyridine rings is 1. The number of piperidine rings is 1. The number of carbonyl (C=O) groups is 1. The van der Waals surface area contributed by atoms with E-state index in [0.29, 0.717) is 24.2 Å². The normalized spacial score (nSPS) is 22.5. The molecule has 1 aromatic heterocycles. The molecule has 3 aromatic rings. The number of benzene rings is 2. The van der Waals surface area contributed by atoms with E-state index in [9.17, 15) is 4.79 Å². The summed E-state index contributed by atoms with van der Waals surface area (Å²) in [6.45, 7) is 0.473. The monoisotopic (exact) mass is 427 g/mol. The summed E-state index contributed by atoms with van der Waals surface area (Å²) < 4.78 is 6.33. The Bertz CT molecular complexity index is 1050. The smallest absolute Gasteiger partial charge is 0.251 e. The van der Waals surface area contributed by atoms with Crippen LogP contribution in [0.25, 0.3) is 11.1 Å². The molecular formula is C27H29N3O2. The number of rotatable bonds is 6. The molecule has 2 aliphatic rings. The summed E-state index contributed by atoms with van der Waals surface area (Å²) in [4.78, 5) is 19.2. The highest BCUT2D eigenvalue weighted by atomic mass is 16.5. The summed E-state index contributed by atoms with van der Waals surface area (Å²) in [6, 6.07) is 21.0. The van der Waals surface area contributed by atoms with Crippen molar-refractivity contribution in [1.29, 1.82) is 0 Å². The molecule has 1 N–H and O–H groups in total. The number of nitrogens with one attached hydrogen (secondary N) is 1. The molecule has 3 atom stereocenters. The van der Waals surface area contributed by atoms with Gasteiger partial charge in [-0.1, -0.05) is 24.3 Å². The maximum atomic E-state index is 12.6. The van der Waals surface area contributed by atoms with Gasteiger partial charge in [0.1, 0.15) is 11.9 Å². The van der Waals surface area contributed by atoms with Crippen molar-refractivity contribution in [3.63, 3.8) is 0 Å². The van der Waals surface area contributed by atoms with Gasteiger partial charge < -0.3 is 15.0 Å². The van der Waals surface area contributed by atoms with Crippen molar-refractivity contribution in [3.05, 3.63) is 84.2 Å². The molecule has 0 radical (unpaired) electrons. The fourth-order valence-corrected chi connectivity index (χ4v) is 5.02. The van der Waals surface area contributed by atoms with Gasteiger partial charge in [0.2, 0.25) is 0 Å². The fourth-order valence-electron chi connectivity index (χ4n) is 5.02. The molecule has 2 aromatic carbocycles. The minimum absolute atomic E-state index is 0.0792. The van der Waals surface area contributed by atoms with E-state index >= 15 is 0 Å². The number of aromatic nitrogens is 1. The van der Waals surface area contributed by atoms with E-state index in [1.54, 1.807) is 12.4 Å². The van der Waals surface area contributed by atoms with Gasteiger partial charge in [0.25, 0.3) is 5.91 Å². The first-order valence-electron chi connectivity index (χ1n) is 11.4. The Hall–Kier alpha value is -3.18. The lowest BCUT2D eigenvalue weighted by Gasteiger charge is -2.36. The molecule has 0 unspecified atom stereocenters. The number of fused-ring (bicyclic) bond motifs is 2. The van der Waals surface area contributed by atoms with Crippen LogP contribution in [-0.2, 0) is 6.54 Å². The number of ether oxygens (including phenoxy) is 1. The Morgan fingerprint density at radius 2 is 1.69 bits per heavy atom. The highest BCUT2D eigenvalue weighted by Crippen LogP contribution is 2.36. The molecule has 1 amide bonds. The van der Waals surface area contributed by atoms with E-state index in [1.807, 2.05) is 60.7 Å². The third-order valence-electron chi connectivity index (χ3n) is 6.87. The Labute approximate surface area is 189 Å². The number of nitrogens with zero attached hydrogens (tertiary/aromatic N) is 2. The predicted molar refractivity (Wildman–Crippen MR) is 126 cm³/mol. The lowest BCUT2D eigenvalue weighted by atomic mass is 10.0. The van der Waals surface area contributed by atoms with Crippen molar-refractivity contribution in [2.45, 2.75) is 50.4 Å². The van der Waals surface area contributed by atoms with Gasteiger partial charge in [-0.3, -0.25) is 9.78 Å². The van der Waals surface area contributed by atoms with Crippen LogP contribution in [0.15, 0.2) is 73.1 Å². The third-order valence-corrected chi connectivity index (χ3v) is 6.87. The molecule has 3 heterocycles. The van der Waals surface area contributed by atoms with Gasteiger partial charge in [-0.2, -0.15) is 0 Å². The molecule has 0 saturated carbocycles. The summed E-state index contributed by atoms with van der Waals surface area (Å²) in [7, 11) is 2.24. The molecule has 2 aliphatic heterocycles. The van der Waals surface area contributed by atoms with E-state index in [1.165, 1.54) is 12.8 Å². The van der Waals surface area contributed by atoms with Gasteiger partial charge in [0.05, 0.1) is 0 Å². The summed E-state index contributed by atoms with van der Waals surface area (Å²) in [5, 5.41) is 3.02. The number of amides is 1. The van der Waals surface area contributed by atoms with Gasteiger partial charge in [-0.15, -0.1) is 0 Å². The highest BCUT2D eigenvalue weighted by Gasteiger charge is 2.39. The second-order valence-corrected chi connectivity index (χ2v) is 8.91. The van der Waals surface area contributed by atoms with Gasteiger partial charge in [0, 0.05) is 36.6 Å². The Balaban J connectivity index is 1.17. The van der Waals surface area contributed by atoms with Gasteiger partial charge in [-0.25, -0.2) is 0 Å². The summed E-state index contributed by atoms with van der Waals surface area (Å²) in [5.74, 6) is 0.817. The minimum atomic E-state index is -0.0792. The molecule has 5 nitrogen and oxygen atoms in total. The maximum Gasteiger partial charge on any atom is 0.251 e. The van der Waals surface area contributed by atoms with Crippen LogP contribution in [0.1, 0.15) is 41.6 Å². The molecule has 2 bridgehead atoms. The molecule has 164 valence electrons. The average Bonchev–Trinajstić information content (AvgIpc) is 3.04. The summed E-state index contributed by atoms with van der Waals surface area (Å²) in [6.07, 6.45) is 8.60. The minimum Gasteiger partial charge on any atom is -0.490 e. The van der Waals surface area contributed by atoms with Crippen molar-refractivity contribution in [3.8, 4) is 16.9 Å². The van der Waals surface area contributed by atoms with Crippen molar-refractivity contribution in [1.82, 2.24) is 15.2 Å². The van der Waals surface area contributed by atoms with Gasteiger partial charge in [-0.05, 0) is 85.8 Å². The van der Waals surface area contributed by atoms with Crippen LogP contribution in [0.2, 0.25) is 0 Å². The Kier molecular flexibility index (Phi) is 5.91. The largest absolute Gasteiger partial charge is 0.490 e. The second kappa shape index (κ2) is 9.13. The van der Waals surface area contributed by atoms with Crippen LogP contribution in [0.4, 0.5) is 0 Å². The molecule has 32 heavy (non-hydrogen) atoms. The molecule has 0 spiro atoms. The molecule has 2 fully saturated rings. The number of carbonyl (C=O) groups excluding carboxylic acids is 1. The number of hydrogen-bond donors (Lipinski definition) is 1. The molecule has 2 saturated heterocycles. The fraction of sp³-hybridized carbons (Fsp3) is 0.333. The first-order valence-corrected chi connectivity index (χ1v) is 11.4. The van der Waals surface area contributed by atoms with Crippen molar-refractivity contribution < 1.29 is 9.53 Å². The Morgan fingerprint density at radius 3 is 2.41 bits per heavy atom. The first kappa shape index (κ1) is 20.7.